The van der Waals surface area contributed by atoms with Gasteiger partial charge in [0.1, 0.15) is 10.7 Å². The van der Waals surface area contributed by atoms with E-state index in [0.717, 1.165) is 4.31 Å². The summed E-state index contributed by atoms with van der Waals surface area (Å²) < 4.78 is 39.6. The zero-order chi connectivity index (χ0) is 15.5. The summed E-state index contributed by atoms with van der Waals surface area (Å²) in [6, 6.07) is 7.02. The van der Waals surface area contributed by atoms with Crippen molar-refractivity contribution in [2.45, 2.75) is 11.8 Å². The Balaban J connectivity index is 2.47. The fraction of sp³-hybridized carbons (Fsp3) is 0.214. The zero-order valence-corrected chi connectivity index (χ0v) is 12.6. The summed E-state index contributed by atoms with van der Waals surface area (Å²) in [5.74, 6) is -0.493. The lowest BCUT2D eigenvalue weighted by molar-refractivity contribution is 0.594. The lowest BCUT2D eigenvalue weighted by atomic mass is 10.3. The summed E-state index contributed by atoms with van der Waals surface area (Å²) in [5, 5.41) is 2.98. The number of anilines is 2. The van der Waals surface area contributed by atoms with Crippen LogP contribution >= 0.6 is 0 Å². The van der Waals surface area contributed by atoms with Crippen molar-refractivity contribution in [1.82, 2.24) is 4.98 Å². The molecule has 0 radical (unpaired) electrons. The monoisotopic (exact) mass is 309 g/mol. The summed E-state index contributed by atoms with van der Waals surface area (Å²) in [5.41, 5.74) is 0.719. The molecule has 0 saturated carbocycles. The van der Waals surface area contributed by atoms with E-state index in [1.165, 1.54) is 43.7 Å². The van der Waals surface area contributed by atoms with Crippen LogP contribution in [0.25, 0.3) is 0 Å². The standard InChI is InChI=1S/C14H16FN3O2S/c1-3-17-13-7-8-16-10-14(13)21(19,20)18(2)12-6-4-5-11(15)9-12/h4-10H,3H2,1-2H3,(H,16,17). The minimum atomic E-state index is -3.82. The van der Waals surface area contributed by atoms with Crippen molar-refractivity contribution in [1.29, 1.82) is 0 Å². The third-order valence-electron chi connectivity index (χ3n) is 2.96. The van der Waals surface area contributed by atoms with Gasteiger partial charge in [0.15, 0.2) is 0 Å². The zero-order valence-electron chi connectivity index (χ0n) is 11.7. The van der Waals surface area contributed by atoms with E-state index in [4.69, 9.17) is 0 Å². The van der Waals surface area contributed by atoms with Crippen molar-refractivity contribution in [3.05, 3.63) is 48.5 Å². The van der Waals surface area contributed by atoms with Crippen molar-refractivity contribution in [3.8, 4) is 0 Å². The van der Waals surface area contributed by atoms with Crippen LogP contribution in [0.2, 0.25) is 0 Å². The second kappa shape index (κ2) is 6.09. The first-order valence-corrected chi connectivity index (χ1v) is 7.83. The van der Waals surface area contributed by atoms with Crippen molar-refractivity contribution in [2.75, 3.05) is 23.2 Å². The Morgan fingerprint density at radius 1 is 1.33 bits per heavy atom. The molecular formula is C14H16FN3O2S. The van der Waals surface area contributed by atoms with E-state index in [9.17, 15) is 12.8 Å². The molecule has 0 fully saturated rings. The largest absolute Gasteiger partial charge is 0.384 e. The lowest BCUT2D eigenvalue weighted by Gasteiger charge is -2.21. The molecule has 2 aromatic rings. The number of benzene rings is 1. The van der Waals surface area contributed by atoms with E-state index < -0.39 is 15.8 Å². The highest BCUT2D eigenvalue weighted by atomic mass is 32.2. The van der Waals surface area contributed by atoms with Gasteiger partial charge >= 0.3 is 0 Å². The van der Waals surface area contributed by atoms with Crippen LogP contribution in [-0.4, -0.2) is 27.0 Å². The first-order chi connectivity index (χ1) is 9.96. The molecule has 0 aliphatic rings. The third kappa shape index (κ3) is 3.13. The Labute approximate surface area is 123 Å². The topological polar surface area (TPSA) is 62.3 Å². The maximum atomic E-state index is 13.3. The first kappa shape index (κ1) is 15.2. The molecule has 0 bridgehead atoms. The number of nitrogens with zero attached hydrogens (tertiary/aromatic N) is 2. The number of pyridine rings is 1. The van der Waals surface area contributed by atoms with E-state index in [1.54, 1.807) is 6.07 Å². The van der Waals surface area contributed by atoms with Gasteiger partial charge in [0, 0.05) is 26.0 Å². The van der Waals surface area contributed by atoms with Gasteiger partial charge in [-0.15, -0.1) is 0 Å². The molecule has 0 atom stereocenters. The van der Waals surface area contributed by atoms with Crippen LogP contribution < -0.4 is 9.62 Å². The number of sulfonamides is 1. The fourth-order valence-electron chi connectivity index (χ4n) is 1.88. The molecule has 0 amide bonds. The van der Waals surface area contributed by atoms with Gasteiger partial charge in [-0.25, -0.2) is 12.8 Å². The van der Waals surface area contributed by atoms with Crippen LogP contribution in [0, 0.1) is 5.82 Å². The molecule has 0 spiro atoms. The molecule has 7 heteroatoms. The third-order valence-corrected chi connectivity index (χ3v) is 4.78. The Morgan fingerprint density at radius 2 is 2.10 bits per heavy atom. The summed E-state index contributed by atoms with van der Waals surface area (Å²) in [4.78, 5) is 3.92. The van der Waals surface area contributed by atoms with Crippen LogP contribution in [0.1, 0.15) is 6.92 Å². The smallest absolute Gasteiger partial charge is 0.267 e. The number of nitrogens with one attached hydrogen (secondary N) is 1. The summed E-state index contributed by atoms with van der Waals surface area (Å²) in [6.07, 6.45) is 2.79. The molecule has 21 heavy (non-hydrogen) atoms. The molecule has 1 N–H and O–H groups in total. The van der Waals surface area contributed by atoms with Gasteiger partial charge in [0.2, 0.25) is 0 Å². The molecule has 0 aliphatic heterocycles. The summed E-state index contributed by atoms with van der Waals surface area (Å²) in [7, 11) is -2.44. The molecule has 2 rings (SSSR count). The van der Waals surface area contributed by atoms with Crippen LogP contribution in [0.5, 0.6) is 0 Å². The Hall–Kier alpha value is -2.15. The van der Waals surface area contributed by atoms with E-state index >= 15 is 0 Å². The number of aromatic nitrogens is 1. The van der Waals surface area contributed by atoms with Gasteiger partial charge in [-0.05, 0) is 31.2 Å². The molecule has 1 aromatic heterocycles. The molecule has 1 heterocycles. The van der Waals surface area contributed by atoms with Gasteiger partial charge in [0.05, 0.1) is 11.4 Å². The predicted octanol–water partition coefficient (Wildman–Crippen LogP) is 2.48. The van der Waals surface area contributed by atoms with Gasteiger partial charge in [-0.2, -0.15) is 0 Å². The molecule has 112 valence electrons. The molecule has 0 unspecified atom stereocenters. The van der Waals surface area contributed by atoms with Gasteiger partial charge in [-0.1, -0.05) is 6.07 Å². The van der Waals surface area contributed by atoms with E-state index in [2.05, 4.69) is 10.3 Å². The highest BCUT2D eigenvalue weighted by Gasteiger charge is 2.24. The highest BCUT2D eigenvalue weighted by Crippen LogP contribution is 2.26. The van der Waals surface area contributed by atoms with Crippen molar-refractivity contribution in [3.63, 3.8) is 0 Å². The van der Waals surface area contributed by atoms with Gasteiger partial charge < -0.3 is 5.32 Å². The average Bonchev–Trinajstić information content (AvgIpc) is 2.47. The van der Waals surface area contributed by atoms with E-state index in [-0.39, 0.29) is 10.6 Å². The number of hydrogen-bond acceptors (Lipinski definition) is 4. The van der Waals surface area contributed by atoms with Crippen LogP contribution in [0.15, 0.2) is 47.6 Å². The highest BCUT2D eigenvalue weighted by molar-refractivity contribution is 7.93. The normalized spacial score (nSPS) is 11.2. The maximum absolute atomic E-state index is 13.3. The van der Waals surface area contributed by atoms with E-state index in [0.29, 0.717) is 12.2 Å². The minimum Gasteiger partial charge on any atom is -0.384 e. The predicted molar refractivity (Wildman–Crippen MR) is 80.4 cm³/mol. The van der Waals surface area contributed by atoms with Crippen molar-refractivity contribution in [2.24, 2.45) is 0 Å². The average molecular weight is 309 g/mol. The minimum absolute atomic E-state index is 0.0543. The first-order valence-electron chi connectivity index (χ1n) is 6.39. The summed E-state index contributed by atoms with van der Waals surface area (Å²) in [6.45, 7) is 2.45. The van der Waals surface area contributed by atoms with Crippen LogP contribution in [0.4, 0.5) is 15.8 Å². The molecule has 0 aliphatic carbocycles. The Bertz CT molecular complexity index is 735. The van der Waals surface area contributed by atoms with E-state index in [1.807, 2.05) is 6.92 Å². The second-order valence-electron chi connectivity index (χ2n) is 4.35. The number of hydrogen-bond donors (Lipinski definition) is 1. The molecule has 0 saturated heterocycles. The lowest BCUT2D eigenvalue weighted by Crippen LogP contribution is -2.27. The SMILES string of the molecule is CCNc1ccncc1S(=O)(=O)N(C)c1cccc(F)c1. The maximum Gasteiger partial charge on any atom is 0.267 e. The van der Waals surface area contributed by atoms with Crippen LogP contribution in [0.3, 0.4) is 0 Å². The second-order valence-corrected chi connectivity index (χ2v) is 6.29. The molecule has 5 nitrogen and oxygen atoms in total. The Morgan fingerprint density at radius 3 is 2.76 bits per heavy atom. The fourth-order valence-corrected chi connectivity index (χ4v) is 3.18. The summed E-state index contributed by atoms with van der Waals surface area (Å²) >= 11 is 0. The number of rotatable bonds is 5. The number of halogens is 1. The molecular weight excluding hydrogens is 293 g/mol. The van der Waals surface area contributed by atoms with Crippen molar-refractivity contribution < 1.29 is 12.8 Å². The van der Waals surface area contributed by atoms with Gasteiger partial charge in [-0.3, -0.25) is 9.29 Å². The van der Waals surface area contributed by atoms with Crippen LogP contribution in [-0.2, 0) is 10.0 Å². The van der Waals surface area contributed by atoms with Crippen molar-refractivity contribution >= 4 is 21.4 Å². The van der Waals surface area contributed by atoms with Gasteiger partial charge in [0.25, 0.3) is 10.0 Å². The quantitative estimate of drug-likeness (QED) is 0.921. The molecule has 1 aromatic carbocycles. The Kier molecular flexibility index (Phi) is 4.42.